The van der Waals surface area contributed by atoms with Gasteiger partial charge in [0.2, 0.25) is 11.8 Å². The molecule has 0 saturated carbocycles. The Labute approximate surface area is 110 Å². The summed E-state index contributed by atoms with van der Waals surface area (Å²) in [6.45, 7) is 0.203. The average Bonchev–Trinajstić information content (AvgIpc) is 2.46. The highest BCUT2D eigenvalue weighted by Crippen LogP contribution is 2.18. The predicted octanol–water partition coefficient (Wildman–Crippen LogP) is 2.25. The summed E-state index contributed by atoms with van der Waals surface area (Å²) >= 11 is 0. The Hall–Kier alpha value is -2.37. The number of rotatable bonds is 5. The molecular formula is C13H14FN3O2. The van der Waals surface area contributed by atoms with Gasteiger partial charge in [0, 0.05) is 7.05 Å². The van der Waals surface area contributed by atoms with Crippen LogP contribution in [0.4, 0.5) is 10.3 Å². The van der Waals surface area contributed by atoms with Crippen molar-refractivity contribution in [2.75, 3.05) is 19.5 Å². The van der Waals surface area contributed by atoms with Gasteiger partial charge < -0.3 is 14.8 Å². The lowest BCUT2D eigenvalue weighted by molar-refractivity contribution is 0.276. The van der Waals surface area contributed by atoms with Gasteiger partial charge in [0.05, 0.1) is 13.3 Å². The minimum Gasteiger partial charge on any atom is -0.497 e. The van der Waals surface area contributed by atoms with Gasteiger partial charge >= 0.3 is 0 Å². The molecule has 0 atom stereocenters. The zero-order chi connectivity index (χ0) is 13.7. The van der Waals surface area contributed by atoms with Gasteiger partial charge in [-0.05, 0) is 17.7 Å². The Morgan fingerprint density at radius 3 is 2.95 bits per heavy atom. The quantitative estimate of drug-likeness (QED) is 0.896. The number of ether oxygens (including phenoxy) is 2. The van der Waals surface area contributed by atoms with Crippen LogP contribution in [0.25, 0.3) is 0 Å². The standard InChI is InChI=1S/C13H14FN3O2/c1-15-13-16-7-11(14)12(17-13)19-8-9-4-3-5-10(6-9)18-2/h3-7H,8H2,1-2H3,(H,15,16,17). The molecule has 19 heavy (non-hydrogen) atoms. The van der Waals surface area contributed by atoms with Crippen LogP contribution in [0.3, 0.4) is 0 Å². The first kappa shape index (κ1) is 13.1. The molecule has 100 valence electrons. The molecule has 5 nitrogen and oxygen atoms in total. The summed E-state index contributed by atoms with van der Waals surface area (Å²) < 4.78 is 23.9. The van der Waals surface area contributed by atoms with Crippen LogP contribution in [-0.4, -0.2) is 24.1 Å². The molecule has 0 radical (unpaired) electrons. The van der Waals surface area contributed by atoms with Crippen molar-refractivity contribution in [2.24, 2.45) is 0 Å². The molecule has 0 aliphatic rings. The first-order valence-electron chi connectivity index (χ1n) is 5.69. The van der Waals surface area contributed by atoms with Crippen LogP contribution in [-0.2, 0) is 6.61 Å². The van der Waals surface area contributed by atoms with Gasteiger partial charge in [-0.15, -0.1) is 0 Å². The zero-order valence-corrected chi connectivity index (χ0v) is 10.7. The molecule has 1 aromatic carbocycles. The van der Waals surface area contributed by atoms with Gasteiger partial charge in [-0.1, -0.05) is 12.1 Å². The fraction of sp³-hybridized carbons (Fsp3) is 0.231. The van der Waals surface area contributed by atoms with E-state index < -0.39 is 5.82 Å². The molecule has 6 heteroatoms. The van der Waals surface area contributed by atoms with E-state index in [4.69, 9.17) is 9.47 Å². The van der Waals surface area contributed by atoms with E-state index in [9.17, 15) is 4.39 Å². The third-order valence-electron chi connectivity index (χ3n) is 2.45. The number of hydrogen-bond donors (Lipinski definition) is 1. The molecule has 1 heterocycles. The van der Waals surface area contributed by atoms with Crippen LogP contribution < -0.4 is 14.8 Å². The second-order valence-corrected chi connectivity index (χ2v) is 3.74. The highest BCUT2D eigenvalue weighted by atomic mass is 19.1. The molecule has 0 saturated heterocycles. The van der Waals surface area contributed by atoms with Crippen LogP contribution in [0.5, 0.6) is 11.6 Å². The molecule has 2 aromatic rings. The average molecular weight is 263 g/mol. The van der Waals surface area contributed by atoms with Gasteiger partial charge in [0.15, 0.2) is 0 Å². The van der Waals surface area contributed by atoms with Crippen molar-refractivity contribution < 1.29 is 13.9 Å². The van der Waals surface area contributed by atoms with Crippen molar-refractivity contribution in [2.45, 2.75) is 6.61 Å². The van der Waals surface area contributed by atoms with Crippen LogP contribution >= 0.6 is 0 Å². The summed E-state index contributed by atoms with van der Waals surface area (Å²) in [6, 6.07) is 7.35. The lowest BCUT2D eigenvalue weighted by Gasteiger charge is -2.08. The highest BCUT2D eigenvalue weighted by molar-refractivity contribution is 5.29. The van der Waals surface area contributed by atoms with Crippen molar-refractivity contribution in [1.82, 2.24) is 9.97 Å². The predicted molar refractivity (Wildman–Crippen MR) is 68.9 cm³/mol. The van der Waals surface area contributed by atoms with Crippen molar-refractivity contribution in [1.29, 1.82) is 0 Å². The van der Waals surface area contributed by atoms with Crippen molar-refractivity contribution in [3.05, 3.63) is 41.8 Å². The van der Waals surface area contributed by atoms with Gasteiger partial charge in [-0.3, -0.25) is 0 Å². The van der Waals surface area contributed by atoms with Crippen molar-refractivity contribution in [3.8, 4) is 11.6 Å². The molecule has 1 N–H and O–H groups in total. The smallest absolute Gasteiger partial charge is 0.255 e. The largest absolute Gasteiger partial charge is 0.497 e. The molecule has 1 aromatic heterocycles. The second-order valence-electron chi connectivity index (χ2n) is 3.74. The lowest BCUT2D eigenvalue weighted by Crippen LogP contribution is -2.03. The van der Waals surface area contributed by atoms with Crippen LogP contribution in [0.2, 0.25) is 0 Å². The minimum absolute atomic E-state index is 0.0813. The van der Waals surface area contributed by atoms with E-state index in [2.05, 4.69) is 15.3 Å². The van der Waals surface area contributed by atoms with Crippen LogP contribution in [0, 0.1) is 5.82 Å². The van der Waals surface area contributed by atoms with E-state index in [1.54, 1.807) is 14.2 Å². The minimum atomic E-state index is -0.595. The number of benzene rings is 1. The summed E-state index contributed by atoms with van der Waals surface area (Å²) in [4.78, 5) is 7.64. The maximum Gasteiger partial charge on any atom is 0.255 e. The Morgan fingerprint density at radius 1 is 1.37 bits per heavy atom. The van der Waals surface area contributed by atoms with Gasteiger partial charge in [-0.25, -0.2) is 4.98 Å². The van der Waals surface area contributed by atoms with E-state index >= 15 is 0 Å². The maximum absolute atomic E-state index is 13.5. The number of methoxy groups -OCH3 is 1. The van der Waals surface area contributed by atoms with Crippen LogP contribution in [0.1, 0.15) is 5.56 Å². The van der Waals surface area contributed by atoms with Crippen LogP contribution in [0.15, 0.2) is 30.5 Å². The lowest BCUT2D eigenvalue weighted by atomic mass is 10.2. The molecule has 0 amide bonds. The Bertz CT molecular complexity index is 563. The fourth-order valence-electron chi connectivity index (χ4n) is 1.49. The van der Waals surface area contributed by atoms with E-state index in [0.29, 0.717) is 5.95 Å². The monoisotopic (exact) mass is 263 g/mol. The van der Waals surface area contributed by atoms with Gasteiger partial charge in [-0.2, -0.15) is 9.37 Å². The molecule has 0 fully saturated rings. The number of halogens is 1. The summed E-state index contributed by atoms with van der Waals surface area (Å²) in [5, 5.41) is 2.72. The van der Waals surface area contributed by atoms with E-state index in [1.165, 1.54) is 0 Å². The summed E-state index contributed by atoms with van der Waals surface area (Å²) in [5.74, 6) is 0.353. The Morgan fingerprint density at radius 2 is 2.21 bits per heavy atom. The number of nitrogens with one attached hydrogen (secondary N) is 1. The maximum atomic E-state index is 13.5. The molecule has 0 unspecified atom stereocenters. The zero-order valence-electron chi connectivity index (χ0n) is 10.7. The first-order chi connectivity index (χ1) is 9.22. The topological polar surface area (TPSA) is 56.3 Å². The number of aromatic nitrogens is 2. The fourth-order valence-corrected chi connectivity index (χ4v) is 1.49. The Balaban J connectivity index is 2.09. The van der Waals surface area contributed by atoms with Crippen molar-refractivity contribution >= 4 is 5.95 Å². The summed E-state index contributed by atoms with van der Waals surface area (Å²) in [6.07, 6.45) is 1.07. The second kappa shape index (κ2) is 5.99. The molecule has 2 rings (SSSR count). The summed E-state index contributed by atoms with van der Waals surface area (Å²) in [7, 11) is 3.24. The van der Waals surface area contributed by atoms with E-state index in [0.717, 1.165) is 17.5 Å². The first-order valence-corrected chi connectivity index (χ1v) is 5.69. The molecule has 0 aliphatic heterocycles. The molecule has 0 spiro atoms. The molecular weight excluding hydrogens is 249 g/mol. The van der Waals surface area contributed by atoms with E-state index in [-0.39, 0.29) is 12.5 Å². The normalized spacial score (nSPS) is 10.1. The highest BCUT2D eigenvalue weighted by Gasteiger charge is 2.08. The SMILES string of the molecule is CNc1ncc(F)c(OCc2cccc(OC)c2)n1. The van der Waals surface area contributed by atoms with E-state index in [1.807, 2.05) is 24.3 Å². The summed E-state index contributed by atoms with van der Waals surface area (Å²) in [5.41, 5.74) is 0.864. The van der Waals surface area contributed by atoms with Gasteiger partial charge in [0.1, 0.15) is 12.4 Å². The third-order valence-corrected chi connectivity index (χ3v) is 2.45. The number of anilines is 1. The number of hydrogen-bond acceptors (Lipinski definition) is 5. The Kier molecular flexibility index (Phi) is 4.12. The van der Waals surface area contributed by atoms with Crippen molar-refractivity contribution in [3.63, 3.8) is 0 Å². The number of nitrogens with zero attached hydrogens (tertiary/aromatic N) is 2. The molecule has 0 aliphatic carbocycles. The third kappa shape index (κ3) is 3.31. The van der Waals surface area contributed by atoms with Gasteiger partial charge in [0.25, 0.3) is 5.88 Å². The molecule has 0 bridgehead atoms.